The van der Waals surface area contributed by atoms with E-state index in [2.05, 4.69) is 21.7 Å². The van der Waals surface area contributed by atoms with E-state index in [1.807, 2.05) is 36.9 Å². The third kappa shape index (κ3) is 5.90. The Hall–Kier alpha value is -2.49. The Labute approximate surface area is 198 Å². The average molecular weight is 473 g/mol. The molecule has 1 saturated heterocycles. The average Bonchev–Trinajstić information content (AvgIpc) is 3.10. The van der Waals surface area contributed by atoms with Crippen molar-refractivity contribution < 1.29 is 19.1 Å². The molecule has 2 N–H and O–H groups in total. The molecule has 1 aromatic carbocycles. The number of fused-ring (bicyclic) bond motifs is 1. The molecule has 2 aliphatic heterocycles. The SMILES string of the molecule is Cc1nc(NC(=O)CN2CCOC3(CCCCc4ccccc4OCCNC3=O)C2)sc1C. The van der Waals surface area contributed by atoms with Crippen molar-refractivity contribution in [2.45, 2.75) is 45.1 Å². The predicted octanol–water partition coefficient (Wildman–Crippen LogP) is 2.69. The normalized spacial score (nSPS) is 22.4. The van der Waals surface area contributed by atoms with Crippen LogP contribution in [-0.2, 0) is 20.7 Å². The van der Waals surface area contributed by atoms with Gasteiger partial charge < -0.3 is 20.1 Å². The summed E-state index contributed by atoms with van der Waals surface area (Å²) in [5.74, 6) is 0.634. The Kier molecular flexibility index (Phi) is 7.62. The van der Waals surface area contributed by atoms with Crippen molar-refractivity contribution in [3.05, 3.63) is 40.4 Å². The number of hydrogen-bond donors (Lipinski definition) is 2. The number of nitrogens with zero attached hydrogens (tertiary/aromatic N) is 2. The van der Waals surface area contributed by atoms with Crippen molar-refractivity contribution in [3.8, 4) is 5.75 Å². The van der Waals surface area contributed by atoms with Gasteiger partial charge >= 0.3 is 0 Å². The predicted molar refractivity (Wildman–Crippen MR) is 128 cm³/mol. The number of amides is 2. The second kappa shape index (κ2) is 10.6. The largest absolute Gasteiger partial charge is 0.491 e. The summed E-state index contributed by atoms with van der Waals surface area (Å²) < 4.78 is 12.0. The summed E-state index contributed by atoms with van der Waals surface area (Å²) in [5, 5.41) is 6.49. The van der Waals surface area contributed by atoms with Crippen LogP contribution >= 0.6 is 11.3 Å². The first-order valence-electron chi connectivity index (χ1n) is 11.5. The van der Waals surface area contributed by atoms with E-state index in [4.69, 9.17) is 9.47 Å². The highest BCUT2D eigenvalue weighted by Gasteiger charge is 2.43. The molecule has 1 fully saturated rings. The quantitative estimate of drug-likeness (QED) is 0.714. The van der Waals surface area contributed by atoms with Crippen LogP contribution in [0.15, 0.2) is 24.3 Å². The van der Waals surface area contributed by atoms with Crippen LogP contribution in [0.4, 0.5) is 5.13 Å². The van der Waals surface area contributed by atoms with E-state index in [0.717, 1.165) is 35.6 Å². The van der Waals surface area contributed by atoms with E-state index >= 15 is 0 Å². The lowest BCUT2D eigenvalue weighted by atomic mass is 9.91. The number of ether oxygens (including phenoxy) is 2. The maximum absolute atomic E-state index is 13.2. The van der Waals surface area contributed by atoms with Gasteiger partial charge in [0.1, 0.15) is 12.4 Å². The highest BCUT2D eigenvalue weighted by molar-refractivity contribution is 7.15. The van der Waals surface area contributed by atoms with Gasteiger partial charge in [0.15, 0.2) is 10.7 Å². The molecule has 0 aliphatic carbocycles. The summed E-state index contributed by atoms with van der Waals surface area (Å²) >= 11 is 1.47. The number of benzene rings is 1. The number of thiazole rings is 1. The van der Waals surface area contributed by atoms with Crippen LogP contribution in [0.1, 0.15) is 35.4 Å². The van der Waals surface area contributed by atoms with Gasteiger partial charge in [0, 0.05) is 18.0 Å². The van der Waals surface area contributed by atoms with Gasteiger partial charge in [0.2, 0.25) is 5.91 Å². The standard InChI is InChI=1S/C24H32N4O4S/c1-17-18(2)33-23(26-17)27-21(29)15-28-12-14-32-24(16-28)10-6-5-8-19-7-3-4-9-20(19)31-13-11-25-22(24)30/h3-4,7,9H,5-6,8,10-16H2,1-2H3,(H,25,30)(H,26,27,29). The number of anilines is 1. The first-order valence-corrected chi connectivity index (χ1v) is 12.4. The number of hydrogen-bond acceptors (Lipinski definition) is 7. The minimum atomic E-state index is -0.953. The van der Waals surface area contributed by atoms with Crippen LogP contribution in [0.5, 0.6) is 5.75 Å². The number of rotatable bonds is 3. The Morgan fingerprint density at radius 1 is 1.27 bits per heavy atom. The van der Waals surface area contributed by atoms with Crippen molar-refractivity contribution in [3.63, 3.8) is 0 Å². The van der Waals surface area contributed by atoms with Crippen LogP contribution < -0.4 is 15.4 Å². The van der Waals surface area contributed by atoms with E-state index in [1.165, 1.54) is 16.9 Å². The maximum atomic E-state index is 13.2. The molecule has 2 aromatic rings. The molecular formula is C24H32N4O4S. The molecule has 0 saturated carbocycles. The van der Waals surface area contributed by atoms with Gasteiger partial charge in [-0.3, -0.25) is 14.5 Å². The van der Waals surface area contributed by atoms with Crippen LogP contribution in [0.2, 0.25) is 0 Å². The number of carbonyl (C=O) groups excluding carboxylic acids is 2. The zero-order valence-corrected chi connectivity index (χ0v) is 20.1. The molecule has 1 aromatic heterocycles. The first kappa shape index (κ1) is 23.7. The molecule has 2 amide bonds. The van der Waals surface area contributed by atoms with E-state index in [-0.39, 0.29) is 18.4 Å². The smallest absolute Gasteiger partial charge is 0.253 e. The Morgan fingerprint density at radius 2 is 2.12 bits per heavy atom. The van der Waals surface area contributed by atoms with Crippen molar-refractivity contribution in [2.24, 2.45) is 0 Å². The monoisotopic (exact) mass is 472 g/mol. The van der Waals surface area contributed by atoms with Gasteiger partial charge in [0.25, 0.3) is 5.91 Å². The van der Waals surface area contributed by atoms with Gasteiger partial charge in [-0.15, -0.1) is 11.3 Å². The number of carbonyl (C=O) groups is 2. The zero-order valence-electron chi connectivity index (χ0n) is 19.3. The highest BCUT2D eigenvalue weighted by Crippen LogP contribution is 2.28. The summed E-state index contributed by atoms with van der Waals surface area (Å²) in [7, 11) is 0. The second-order valence-corrected chi connectivity index (χ2v) is 9.88. The Balaban J connectivity index is 1.39. The van der Waals surface area contributed by atoms with E-state index < -0.39 is 5.60 Å². The van der Waals surface area contributed by atoms with Crippen molar-refractivity contribution >= 4 is 28.3 Å². The molecule has 178 valence electrons. The molecule has 4 rings (SSSR count). The fraction of sp³-hybridized carbons (Fsp3) is 0.542. The van der Waals surface area contributed by atoms with Gasteiger partial charge in [-0.05, 0) is 51.2 Å². The van der Waals surface area contributed by atoms with Gasteiger partial charge in [-0.2, -0.15) is 0 Å². The summed E-state index contributed by atoms with van der Waals surface area (Å²) in [5.41, 5.74) is 1.16. The number of morpholine rings is 1. The number of aromatic nitrogens is 1. The van der Waals surface area contributed by atoms with Crippen molar-refractivity contribution in [2.75, 3.05) is 44.7 Å². The van der Waals surface area contributed by atoms with Crippen LogP contribution in [0.3, 0.4) is 0 Å². The van der Waals surface area contributed by atoms with Crippen LogP contribution in [0.25, 0.3) is 0 Å². The minimum Gasteiger partial charge on any atom is -0.491 e. The highest BCUT2D eigenvalue weighted by atomic mass is 32.1. The molecule has 1 spiro atoms. The molecule has 1 atom stereocenters. The summed E-state index contributed by atoms with van der Waals surface area (Å²) in [6.07, 6.45) is 3.29. The van der Waals surface area contributed by atoms with E-state index in [9.17, 15) is 9.59 Å². The topological polar surface area (TPSA) is 92.8 Å². The van der Waals surface area contributed by atoms with Crippen LogP contribution in [-0.4, -0.2) is 66.7 Å². The number of para-hydroxylation sites is 1. The molecule has 8 nitrogen and oxygen atoms in total. The van der Waals surface area contributed by atoms with Gasteiger partial charge in [-0.1, -0.05) is 18.2 Å². The Bertz CT molecular complexity index is 975. The van der Waals surface area contributed by atoms with E-state index in [1.54, 1.807) is 0 Å². The molecule has 0 radical (unpaired) electrons. The molecule has 3 heterocycles. The number of aryl methyl sites for hydroxylation is 3. The lowest BCUT2D eigenvalue weighted by Crippen LogP contribution is -2.61. The maximum Gasteiger partial charge on any atom is 0.253 e. The zero-order chi connectivity index (χ0) is 23.3. The summed E-state index contributed by atoms with van der Waals surface area (Å²) in [6.45, 7) is 6.33. The molecule has 0 bridgehead atoms. The van der Waals surface area contributed by atoms with E-state index in [0.29, 0.717) is 44.4 Å². The summed E-state index contributed by atoms with van der Waals surface area (Å²) in [4.78, 5) is 33.3. The van der Waals surface area contributed by atoms with Gasteiger partial charge in [-0.25, -0.2) is 4.98 Å². The molecule has 33 heavy (non-hydrogen) atoms. The van der Waals surface area contributed by atoms with Crippen LogP contribution in [0, 0.1) is 13.8 Å². The Morgan fingerprint density at radius 3 is 2.94 bits per heavy atom. The van der Waals surface area contributed by atoms with Gasteiger partial charge in [0.05, 0.1) is 25.4 Å². The second-order valence-electron chi connectivity index (χ2n) is 8.68. The fourth-order valence-corrected chi connectivity index (χ4v) is 5.18. The summed E-state index contributed by atoms with van der Waals surface area (Å²) in [6, 6.07) is 8.07. The minimum absolute atomic E-state index is 0.126. The molecule has 9 heteroatoms. The first-order chi connectivity index (χ1) is 15.9. The third-order valence-electron chi connectivity index (χ3n) is 6.22. The van der Waals surface area contributed by atoms with Crippen molar-refractivity contribution in [1.29, 1.82) is 0 Å². The molecular weight excluding hydrogens is 440 g/mol. The molecule has 2 aliphatic rings. The third-order valence-corrected chi connectivity index (χ3v) is 7.20. The molecule has 1 unspecified atom stereocenters. The number of nitrogens with one attached hydrogen (secondary N) is 2. The lowest BCUT2D eigenvalue weighted by Gasteiger charge is -2.41. The fourth-order valence-electron chi connectivity index (χ4n) is 4.34. The lowest BCUT2D eigenvalue weighted by molar-refractivity contribution is -0.163. The van der Waals surface area contributed by atoms with Crippen molar-refractivity contribution in [1.82, 2.24) is 15.2 Å².